The third-order valence-electron chi connectivity index (χ3n) is 2.29. The quantitative estimate of drug-likeness (QED) is 0.387. The van der Waals surface area contributed by atoms with Crippen molar-refractivity contribution in [2.75, 3.05) is 6.61 Å². The van der Waals surface area contributed by atoms with E-state index in [1.54, 1.807) is 0 Å². The Hall–Kier alpha value is -1.12. The highest BCUT2D eigenvalue weighted by Gasteiger charge is 1.98. The van der Waals surface area contributed by atoms with Crippen LogP contribution >= 0.6 is 0 Å². The van der Waals surface area contributed by atoms with Gasteiger partial charge < -0.3 is 4.43 Å². The summed E-state index contributed by atoms with van der Waals surface area (Å²) in [7, 11) is -0.444. The monoisotopic (exact) mass is 218 g/mol. The number of benzene rings is 1. The van der Waals surface area contributed by atoms with Crippen molar-refractivity contribution in [2.24, 2.45) is 5.92 Å². The zero-order valence-corrected chi connectivity index (χ0v) is 10.5. The Morgan fingerprint density at radius 1 is 1.20 bits per heavy atom. The van der Waals surface area contributed by atoms with Crippen LogP contribution in [0.5, 0.6) is 0 Å². The second-order valence-electron chi connectivity index (χ2n) is 3.45. The smallest absolute Gasteiger partial charge is 0.165 e. The molecule has 0 amide bonds. The molecule has 0 saturated carbocycles. The maximum absolute atomic E-state index is 5.68. The minimum Gasteiger partial charge on any atom is -0.423 e. The van der Waals surface area contributed by atoms with Crippen molar-refractivity contribution in [3.8, 4) is 0 Å². The molecule has 1 aromatic rings. The summed E-state index contributed by atoms with van der Waals surface area (Å²) in [6.45, 7) is 8.21. The lowest BCUT2D eigenvalue weighted by molar-refractivity contribution is 0.312. The Kier molecular flexibility index (Phi) is 5.74. The van der Waals surface area contributed by atoms with E-state index in [1.165, 1.54) is 5.56 Å². The van der Waals surface area contributed by atoms with E-state index >= 15 is 0 Å². The van der Waals surface area contributed by atoms with Gasteiger partial charge >= 0.3 is 0 Å². The van der Waals surface area contributed by atoms with Crippen molar-refractivity contribution in [1.82, 2.24) is 0 Å². The Morgan fingerprint density at radius 2 is 1.87 bits per heavy atom. The topological polar surface area (TPSA) is 9.23 Å². The van der Waals surface area contributed by atoms with Gasteiger partial charge in [0.2, 0.25) is 0 Å². The molecule has 80 valence electrons. The van der Waals surface area contributed by atoms with E-state index in [0.717, 1.165) is 12.7 Å². The molecule has 2 heteroatoms. The summed E-state index contributed by atoms with van der Waals surface area (Å²) in [5.74, 6) is 0.299. The van der Waals surface area contributed by atoms with Gasteiger partial charge in [-0.3, -0.25) is 0 Å². The first-order chi connectivity index (χ1) is 7.36. The van der Waals surface area contributed by atoms with Crippen LogP contribution in [0.15, 0.2) is 55.6 Å². The van der Waals surface area contributed by atoms with Gasteiger partial charge in [0.1, 0.15) is 0 Å². The second kappa shape index (κ2) is 7.21. The molecular formula is C13H18OSi. The summed E-state index contributed by atoms with van der Waals surface area (Å²) in [6, 6.07) is 11.6. The van der Waals surface area contributed by atoms with Crippen molar-refractivity contribution in [3.63, 3.8) is 0 Å². The van der Waals surface area contributed by atoms with E-state index in [9.17, 15) is 0 Å². The van der Waals surface area contributed by atoms with Gasteiger partial charge in [0.05, 0.1) is 0 Å². The van der Waals surface area contributed by atoms with Gasteiger partial charge in [-0.05, 0) is 11.6 Å². The van der Waals surface area contributed by atoms with E-state index in [2.05, 4.69) is 37.4 Å². The van der Waals surface area contributed by atoms with Gasteiger partial charge in [-0.25, -0.2) is 0 Å². The molecule has 0 heterocycles. The van der Waals surface area contributed by atoms with Gasteiger partial charge in [-0.2, -0.15) is 0 Å². The molecule has 0 saturated heterocycles. The van der Waals surface area contributed by atoms with Gasteiger partial charge in [-0.15, -0.1) is 13.2 Å². The molecule has 0 aliphatic carbocycles. The normalized spacial score (nSPS) is 11.0. The van der Waals surface area contributed by atoms with Gasteiger partial charge in [0, 0.05) is 12.5 Å². The molecule has 0 aliphatic heterocycles. The summed E-state index contributed by atoms with van der Waals surface area (Å²) in [5, 5.41) is 0. The Morgan fingerprint density at radius 3 is 2.47 bits per heavy atom. The lowest BCUT2D eigenvalue weighted by atomic mass is 10.2. The van der Waals surface area contributed by atoms with Crippen LogP contribution in [0.4, 0.5) is 0 Å². The van der Waals surface area contributed by atoms with Crippen LogP contribution in [0.2, 0.25) is 0 Å². The van der Waals surface area contributed by atoms with Crippen molar-refractivity contribution in [3.05, 3.63) is 61.2 Å². The first-order valence-corrected chi connectivity index (χ1v) is 6.81. The third-order valence-corrected chi connectivity index (χ3v) is 3.60. The minimum atomic E-state index is -0.444. The average Bonchev–Trinajstić information content (AvgIpc) is 2.31. The van der Waals surface area contributed by atoms with E-state index in [-0.39, 0.29) is 0 Å². The van der Waals surface area contributed by atoms with Crippen LogP contribution < -0.4 is 0 Å². The maximum Gasteiger partial charge on any atom is 0.165 e. The standard InChI is InChI=1S/C13H18OSi/c1-3-12(4-2)10-14-15-11-13-8-6-5-7-9-13/h3-9,12H,1-2,10-11,15H2. The highest BCUT2D eigenvalue weighted by molar-refractivity contribution is 6.26. The average molecular weight is 218 g/mol. The Balaban J connectivity index is 2.17. The van der Waals surface area contributed by atoms with E-state index in [4.69, 9.17) is 4.43 Å². The predicted octanol–water partition coefficient (Wildman–Crippen LogP) is 2.28. The van der Waals surface area contributed by atoms with Crippen LogP contribution in [0, 0.1) is 5.92 Å². The second-order valence-corrected chi connectivity index (χ2v) is 4.76. The number of hydrogen-bond donors (Lipinski definition) is 0. The molecule has 0 atom stereocenters. The molecular weight excluding hydrogens is 200 g/mol. The van der Waals surface area contributed by atoms with Crippen LogP contribution in [0.1, 0.15) is 5.56 Å². The molecule has 0 fully saturated rings. The largest absolute Gasteiger partial charge is 0.423 e. The summed E-state index contributed by atoms with van der Waals surface area (Å²) < 4.78 is 5.68. The molecule has 0 aliphatic rings. The van der Waals surface area contributed by atoms with Crippen LogP contribution in [0.25, 0.3) is 0 Å². The van der Waals surface area contributed by atoms with Crippen molar-refractivity contribution >= 4 is 9.76 Å². The highest BCUT2D eigenvalue weighted by Crippen LogP contribution is 2.01. The fourth-order valence-electron chi connectivity index (χ4n) is 1.29. The zero-order valence-electron chi connectivity index (χ0n) is 9.06. The van der Waals surface area contributed by atoms with Gasteiger partial charge in [-0.1, -0.05) is 42.5 Å². The lowest BCUT2D eigenvalue weighted by Crippen LogP contribution is -2.09. The first kappa shape index (κ1) is 11.9. The maximum atomic E-state index is 5.68. The molecule has 0 aromatic heterocycles. The number of rotatable bonds is 7. The number of hydrogen-bond acceptors (Lipinski definition) is 1. The molecule has 1 aromatic carbocycles. The molecule has 15 heavy (non-hydrogen) atoms. The predicted molar refractivity (Wildman–Crippen MR) is 68.5 cm³/mol. The highest BCUT2D eigenvalue weighted by atomic mass is 28.2. The molecule has 0 bridgehead atoms. The molecule has 0 spiro atoms. The summed E-state index contributed by atoms with van der Waals surface area (Å²) in [6.07, 6.45) is 3.76. The van der Waals surface area contributed by atoms with Crippen LogP contribution in [-0.4, -0.2) is 16.4 Å². The third kappa shape index (κ3) is 4.77. The fraction of sp³-hybridized carbons (Fsp3) is 0.231. The zero-order chi connectivity index (χ0) is 10.9. The van der Waals surface area contributed by atoms with Crippen molar-refractivity contribution in [2.45, 2.75) is 6.04 Å². The van der Waals surface area contributed by atoms with E-state index in [1.807, 2.05) is 18.2 Å². The molecule has 0 N–H and O–H groups in total. The summed E-state index contributed by atoms with van der Waals surface area (Å²) in [4.78, 5) is 0. The lowest BCUT2D eigenvalue weighted by Gasteiger charge is -2.08. The minimum absolute atomic E-state index is 0.299. The summed E-state index contributed by atoms with van der Waals surface area (Å²) in [5.41, 5.74) is 1.37. The molecule has 1 rings (SSSR count). The molecule has 1 nitrogen and oxygen atoms in total. The molecule has 0 radical (unpaired) electrons. The van der Waals surface area contributed by atoms with Crippen LogP contribution in [0.3, 0.4) is 0 Å². The van der Waals surface area contributed by atoms with E-state index in [0.29, 0.717) is 5.92 Å². The van der Waals surface area contributed by atoms with Gasteiger partial charge in [0.25, 0.3) is 0 Å². The van der Waals surface area contributed by atoms with Crippen LogP contribution in [-0.2, 0) is 10.5 Å². The first-order valence-electron chi connectivity index (χ1n) is 5.23. The van der Waals surface area contributed by atoms with E-state index < -0.39 is 9.76 Å². The Labute approximate surface area is 94.4 Å². The fourth-order valence-corrected chi connectivity index (χ4v) is 2.44. The summed E-state index contributed by atoms with van der Waals surface area (Å²) >= 11 is 0. The Bertz CT molecular complexity index is 287. The van der Waals surface area contributed by atoms with Crippen molar-refractivity contribution in [1.29, 1.82) is 0 Å². The molecule has 0 unspecified atom stereocenters. The SMILES string of the molecule is C=CC(C=C)CO[SiH2]Cc1ccccc1. The van der Waals surface area contributed by atoms with Gasteiger partial charge in [0.15, 0.2) is 9.76 Å². The van der Waals surface area contributed by atoms with Crippen molar-refractivity contribution < 1.29 is 4.43 Å².